The predicted octanol–water partition coefficient (Wildman–Crippen LogP) is 1.13. The highest BCUT2D eigenvalue weighted by atomic mass is 16.3. The average molecular weight is 402 g/mol. The first-order valence-electron chi connectivity index (χ1n) is 9.86. The molecule has 3 unspecified atom stereocenters. The van der Waals surface area contributed by atoms with Crippen molar-refractivity contribution in [3.05, 3.63) is 70.8 Å². The number of hydrogen-bond donors (Lipinski definition) is 1. The number of para-hydroxylation sites is 2. The number of aromatic nitrogens is 2. The van der Waals surface area contributed by atoms with E-state index >= 15 is 0 Å². The number of aliphatic hydroxyl groups is 1. The lowest BCUT2D eigenvalue weighted by Gasteiger charge is -2.44. The number of rotatable bonds is 1. The molecule has 2 amide bonds. The first-order valence-corrected chi connectivity index (χ1v) is 9.86. The summed E-state index contributed by atoms with van der Waals surface area (Å²) in [5.41, 5.74) is -0.0647. The summed E-state index contributed by atoms with van der Waals surface area (Å²) in [6.07, 6.45) is 0.545. The zero-order chi connectivity index (χ0) is 20.8. The van der Waals surface area contributed by atoms with Crippen LogP contribution in [0.5, 0.6) is 0 Å². The molecule has 0 spiro atoms. The van der Waals surface area contributed by atoms with Gasteiger partial charge in [0.05, 0.1) is 22.9 Å². The lowest BCUT2D eigenvalue weighted by molar-refractivity contribution is -0.158. The van der Waals surface area contributed by atoms with Crippen molar-refractivity contribution in [2.24, 2.45) is 0 Å². The smallest absolute Gasteiger partial charge is 0.261 e. The Balaban J connectivity index is 1.57. The third-order valence-corrected chi connectivity index (χ3v) is 6.65. The van der Waals surface area contributed by atoms with Gasteiger partial charge in [0, 0.05) is 12.0 Å². The van der Waals surface area contributed by atoms with Crippen LogP contribution >= 0.6 is 0 Å². The molecule has 6 rings (SSSR count). The minimum Gasteiger partial charge on any atom is -0.381 e. The van der Waals surface area contributed by atoms with E-state index in [9.17, 15) is 19.5 Å². The third-order valence-electron chi connectivity index (χ3n) is 6.65. The second-order valence-corrected chi connectivity index (χ2v) is 8.14. The van der Waals surface area contributed by atoms with Gasteiger partial charge in [0.15, 0.2) is 0 Å². The van der Waals surface area contributed by atoms with Crippen LogP contribution in [0.25, 0.3) is 10.9 Å². The van der Waals surface area contributed by atoms with Gasteiger partial charge in [-0.3, -0.25) is 23.9 Å². The van der Waals surface area contributed by atoms with E-state index in [0.29, 0.717) is 22.2 Å². The largest absolute Gasteiger partial charge is 0.381 e. The van der Waals surface area contributed by atoms with Gasteiger partial charge in [0.2, 0.25) is 5.91 Å². The highest BCUT2D eigenvalue weighted by Crippen LogP contribution is 2.55. The van der Waals surface area contributed by atoms with Crippen LogP contribution in [0, 0.1) is 0 Å². The normalized spacial score (nSPS) is 29.5. The van der Waals surface area contributed by atoms with Gasteiger partial charge < -0.3 is 10.0 Å². The van der Waals surface area contributed by atoms with Crippen LogP contribution in [-0.2, 0) is 15.2 Å². The topological polar surface area (TPSA) is 95.7 Å². The minimum atomic E-state index is -1.47. The van der Waals surface area contributed by atoms with Crippen molar-refractivity contribution in [3.63, 3.8) is 0 Å². The minimum absolute atomic E-state index is 0.0135. The van der Waals surface area contributed by atoms with Crippen LogP contribution in [0.1, 0.15) is 24.9 Å². The second kappa shape index (κ2) is 5.54. The van der Waals surface area contributed by atoms with Gasteiger partial charge in [-0.25, -0.2) is 4.98 Å². The second-order valence-electron chi connectivity index (χ2n) is 8.14. The van der Waals surface area contributed by atoms with E-state index in [1.165, 1.54) is 20.7 Å². The van der Waals surface area contributed by atoms with Crippen molar-refractivity contribution in [1.82, 2.24) is 14.5 Å². The maximum Gasteiger partial charge on any atom is 0.261 e. The molecule has 30 heavy (non-hydrogen) atoms. The molecule has 2 saturated heterocycles. The number of benzene rings is 2. The Labute approximate surface area is 171 Å². The molecule has 3 aliphatic rings. The van der Waals surface area contributed by atoms with Crippen molar-refractivity contribution >= 4 is 28.4 Å². The standard InChI is InChI=1S/C22H18N4O4/c1-12-18(27)26-16-9-5-3-7-14(16)22(30)10-17(20(29)25(12)21(22)26)24-11-23-15-8-4-2-6-13(15)19(24)28/h2-9,11-12,17,21,30H,10H2,1H3/t12?,17?,21?,22-/m0/s1. The Bertz CT molecular complexity index is 1320. The molecule has 8 nitrogen and oxygen atoms in total. The van der Waals surface area contributed by atoms with E-state index in [1.807, 2.05) is 0 Å². The maximum atomic E-state index is 13.5. The molecule has 2 aromatic carbocycles. The quantitative estimate of drug-likeness (QED) is 0.658. The van der Waals surface area contributed by atoms with E-state index in [-0.39, 0.29) is 23.8 Å². The van der Waals surface area contributed by atoms with Crippen LogP contribution in [0.3, 0.4) is 0 Å². The first kappa shape index (κ1) is 17.3. The van der Waals surface area contributed by atoms with Crippen molar-refractivity contribution in [2.75, 3.05) is 4.90 Å². The summed E-state index contributed by atoms with van der Waals surface area (Å²) in [5, 5.41) is 12.2. The fourth-order valence-corrected chi connectivity index (χ4v) is 5.26. The number of carbonyl (C=O) groups is 2. The molecule has 4 atom stereocenters. The highest BCUT2D eigenvalue weighted by Gasteiger charge is 2.66. The lowest BCUT2D eigenvalue weighted by atomic mass is 9.82. The van der Waals surface area contributed by atoms with E-state index in [0.717, 1.165) is 0 Å². The average Bonchev–Trinajstić information content (AvgIpc) is 3.18. The van der Waals surface area contributed by atoms with Crippen molar-refractivity contribution in [2.45, 2.75) is 37.2 Å². The molecule has 1 N–H and O–H groups in total. The molecule has 8 heteroatoms. The van der Waals surface area contributed by atoms with E-state index in [1.54, 1.807) is 55.5 Å². The number of nitrogens with zero attached hydrogens (tertiary/aromatic N) is 4. The lowest BCUT2D eigenvalue weighted by Crippen LogP contribution is -2.61. The summed E-state index contributed by atoms with van der Waals surface area (Å²) >= 11 is 0. The van der Waals surface area contributed by atoms with Gasteiger partial charge in [-0.15, -0.1) is 0 Å². The number of anilines is 1. The molecule has 3 aliphatic heterocycles. The molecule has 150 valence electrons. The van der Waals surface area contributed by atoms with Crippen molar-refractivity contribution in [1.29, 1.82) is 0 Å². The molecule has 4 heterocycles. The monoisotopic (exact) mass is 402 g/mol. The summed E-state index contributed by atoms with van der Waals surface area (Å²) < 4.78 is 1.29. The van der Waals surface area contributed by atoms with Crippen molar-refractivity contribution < 1.29 is 14.7 Å². The highest BCUT2D eigenvalue weighted by molar-refractivity contribution is 6.06. The molecular weight excluding hydrogens is 384 g/mol. The molecule has 2 fully saturated rings. The SMILES string of the molecule is CC1C(=O)N2c3ccccc3[C@@]3(O)CC(n4cnc5ccccc5c4=O)C(=O)N1C23. The zero-order valence-electron chi connectivity index (χ0n) is 16.1. The molecule has 0 aliphatic carbocycles. The van der Waals surface area contributed by atoms with Crippen LogP contribution < -0.4 is 10.5 Å². The molecule has 0 radical (unpaired) electrons. The van der Waals surface area contributed by atoms with Gasteiger partial charge in [-0.2, -0.15) is 0 Å². The molecule has 0 bridgehead atoms. The summed E-state index contributed by atoms with van der Waals surface area (Å²) in [4.78, 5) is 47.0. The number of carbonyl (C=O) groups excluding carboxylic acids is 2. The van der Waals surface area contributed by atoms with Crippen molar-refractivity contribution in [3.8, 4) is 0 Å². The van der Waals surface area contributed by atoms with Gasteiger partial charge >= 0.3 is 0 Å². The maximum absolute atomic E-state index is 13.5. The van der Waals surface area contributed by atoms with E-state index in [4.69, 9.17) is 0 Å². The van der Waals surface area contributed by atoms with E-state index in [2.05, 4.69) is 4.98 Å². The summed E-state index contributed by atoms with van der Waals surface area (Å²) in [6.45, 7) is 1.66. The summed E-state index contributed by atoms with van der Waals surface area (Å²) in [6, 6.07) is 12.4. The summed E-state index contributed by atoms with van der Waals surface area (Å²) in [5.74, 6) is -0.596. The number of fused-ring (bicyclic) bond motifs is 4. The Morgan fingerprint density at radius 3 is 2.60 bits per heavy atom. The number of amides is 2. The molecule has 3 aromatic rings. The first-order chi connectivity index (χ1) is 14.4. The fourth-order valence-electron chi connectivity index (χ4n) is 5.26. The van der Waals surface area contributed by atoms with Crippen LogP contribution in [0.15, 0.2) is 59.7 Å². The Morgan fingerprint density at radius 2 is 1.77 bits per heavy atom. The Kier molecular flexibility index (Phi) is 3.21. The molecule has 1 aromatic heterocycles. The van der Waals surface area contributed by atoms with Gasteiger partial charge in [-0.1, -0.05) is 30.3 Å². The summed E-state index contributed by atoms with van der Waals surface area (Å²) in [7, 11) is 0. The van der Waals surface area contributed by atoms with Gasteiger partial charge in [-0.05, 0) is 25.1 Å². The predicted molar refractivity (Wildman–Crippen MR) is 108 cm³/mol. The van der Waals surface area contributed by atoms with Gasteiger partial charge in [0.25, 0.3) is 11.5 Å². The van der Waals surface area contributed by atoms with Gasteiger partial charge in [0.1, 0.15) is 23.9 Å². The number of piperidine rings is 1. The molecular formula is C22H18N4O4. The third kappa shape index (κ3) is 1.89. The van der Waals surface area contributed by atoms with Crippen LogP contribution in [0.2, 0.25) is 0 Å². The fraction of sp³-hybridized carbons (Fsp3) is 0.273. The van der Waals surface area contributed by atoms with Crippen LogP contribution in [-0.4, -0.2) is 43.6 Å². The zero-order valence-corrected chi connectivity index (χ0v) is 16.1. The number of hydrogen-bond acceptors (Lipinski definition) is 5. The molecule has 0 saturated carbocycles. The van der Waals surface area contributed by atoms with Crippen LogP contribution in [0.4, 0.5) is 5.69 Å². The Morgan fingerprint density at radius 1 is 1.03 bits per heavy atom. The Hall–Kier alpha value is -3.52. The van der Waals surface area contributed by atoms with E-state index < -0.39 is 23.9 Å².